The van der Waals surface area contributed by atoms with E-state index in [-0.39, 0.29) is 17.6 Å². The smallest absolute Gasteiger partial charge is 0.319 e. The van der Waals surface area contributed by atoms with Crippen LogP contribution in [0.2, 0.25) is 5.02 Å². The normalized spacial score (nSPS) is 9.42. The Hall–Kier alpha value is -2.59. The minimum absolute atomic E-state index is 0.206. The molecule has 122 valence electrons. The molecule has 2 amide bonds. The SMILES string of the molecule is O=C(NCC#Cc1ccc(C(=S)NO)cc1)Nc1ccc(Cl)cc1. The summed E-state index contributed by atoms with van der Waals surface area (Å²) < 4.78 is 0. The quantitative estimate of drug-likeness (QED) is 0.386. The Bertz CT molecular complexity index is 780. The number of hydrogen-bond donors (Lipinski definition) is 4. The number of rotatable bonds is 3. The van der Waals surface area contributed by atoms with Crippen molar-refractivity contribution in [1.29, 1.82) is 0 Å². The topological polar surface area (TPSA) is 73.4 Å². The van der Waals surface area contributed by atoms with Gasteiger partial charge < -0.3 is 10.6 Å². The van der Waals surface area contributed by atoms with Crippen molar-refractivity contribution < 1.29 is 10.0 Å². The zero-order valence-corrected chi connectivity index (χ0v) is 14.0. The molecule has 2 aromatic rings. The van der Waals surface area contributed by atoms with Gasteiger partial charge in [0.05, 0.1) is 6.54 Å². The van der Waals surface area contributed by atoms with Gasteiger partial charge in [0.15, 0.2) is 0 Å². The highest BCUT2D eigenvalue weighted by atomic mass is 35.5. The number of urea groups is 1. The molecule has 2 aromatic carbocycles. The minimum Gasteiger partial charge on any atom is -0.327 e. The lowest BCUT2D eigenvalue weighted by Gasteiger charge is -2.05. The molecule has 0 saturated heterocycles. The molecular weight excluding hydrogens is 346 g/mol. The van der Waals surface area contributed by atoms with E-state index < -0.39 is 0 Å². The molecule has 2 rings (SSSR count). The molecule has 0 unspecified atom stereocenters. The molecule has 0 spiro atoms. The van der Waals surface area contributed by atoms with Crippen LogP contribution in [0.5, 0.6) is 0 Å². The largest absolute Gasteiger partial charge is 0.327 e. The van der Waals surface area contributed by atoms with Crippen molar-refractivity contribution >= 4 is 40.5 Å². The van der Waals surface area contributed by atoms with Gasteiger partial charge in [-0.05, 0) is 36.4 Å². The molecule has 0 atom stereocenters. The predicted molar refractivity (Wildman–Crippen MR) is 98.4 cm³/mol. The molecule has 7 heteroatoms. The molecule has 4 N–H and O–H groups in total. The number of carbonyl (C=O) groups excluding carboxylic acids is 1. The summed E-state index contributed by atoms with van der Waals surface area (Å²) >= 11 is 10.7. The molecule has 5 nitrogen and oxygen atoms in total. The minimum atomic E-state index is -0.346. The lowest BCUT2D eigenvalue weighted by atomic mass is 10.1. The molecule has 0 saturated carbocycles. The standard InChI is InChI=1S/C17H14ClN3O2S/c18-14-7-9-15(10-8-14)20-17(22)19-11-1-2-12-3-5-13(6-4-12)16(24)21-23/h3-10,23H,11H2,(H,21,24)(H2,19,20,22). The highest BCUT2D eigenvalue weighted by molar-refractivity contribution is 7.80. The fourth-order valence-electron chi connectivity index (χ4n) is 1.75. The van der Waals surface area contributed by atoms with Gasteiger partial charge in [-0.2, -0.15) is 0 Å². The number of amides is 2. The number of benzene rings is 2. The van der Waals surface area contributed by atoms with E-state index >= 15 is 0 Å². The third-order valence-corrected chi connectivity index (χ3v) is 3.50. The molecule has 0 aliphatic heterocycles. The van der Waals surface area contributed by atoms with E-state index in [1.54, 1.807) is 48.5 Å². The second-order valence-corrected chi connectivity index (χ2v) is 5.48. The summed E-state index contributed by atoms with van der Waals surface area (Å²) in [5.41, 5.74) is 4.04. The van der Waals surface area contributed by atoms with Crippen LogP contribution < -0.4 is 16.1 Å². The number of hydrogen-bond acceptors (Lipinski definition) is 3. The van der Waals surface area contributed by atoms with Crippen molar-refractivity contribution in [2.45, 2.75) is 0 Å². The Labute approximate surface area is 150 Å². The van der Waals surface area contributed by atoms with Gasteiger partial charge in [-0.15, -0.1) is 0 Å². The van der Waals surface area contributed by atoms with E-state index in [2.05, 4.69) is 22.5 Å². The van der Waals surface area contributed by atoms with Crippen molar-refractivity contribution in [1.82, 2.24) is 10.8 Å². The lowest BCUT2D eigenvalue weighted by Crippen LogP contribution is -2.28. The van der Waals surface area contributed by atoms with E-state index in [1.807, 2.05) is 5.48 Å². The maximum absolute atomic E-state index is 11.7. The predicted octanol–water partition coefficient (Wildman–Crippen LogP) is 3.17. The highest BCUT2D eigenvalue weighted by Gasteiger charge is 2.00. The van der Waals surface area contributed by atoms with Crippen molar-refractivity contribution in [3.63, 3.8) is 0 Å². The first kappa shape index (κ1) is 17.8. The second-order valence-electron chi connectivity index (χ2n) is 4.63. The third-order valence-electron chi connectivity index (χ3n) is 2.92. The third kappa shape index (κ3) is 5.56. The highest BCUT2D eigenvalue weighted by Crippen LogP contribution is 2.12. The van der Waals surface area contributed by atoms with E-state index in [0.717, 1.165) is 5.56 Å². The number of thiocarbonyl (C=S) groups is 1. The number of nitrogens with one attached hydrogen (secondary N) is 3. The van der Waals surface area contributed by atoms with Crippen molar-refractivity contribution in [3.8, 4) is 11.8 Å². The number of halogens is 1. The average molecular weight is 360 g/mol. The fraction of sp³-hybridized carbons (Fsp3) is 0.0588. The zero-order valence-electron chi connectivity index (χ0n) is 12.5. The van der Waals surface area contributed by atoms with Gasteiger partial charge in [0.2, 0.25) is 0 Å². The van der Waals surface area contributed by atoms with Crippen LogP contribution in [0.1, 0.15) is 11.1 Å². The first-order chi connectivity index (χ1) is 11.6. The van der Waals surface area contributed by atoms with Crippen LogP contribution in [0.25, 0.3) is 0 Å². The Morgan fingerprint density at radius 3 is 2.42 bits per heavy atom. The van der Waals surface area contributed by atoms with Crippen LogP contribution in [-0.4, -0.2) is 22.8 Å². The number of carbonyl (C=O) groups is 1. The van der Waals surface area contributed by atoms with Crippen LogP contribution in [0.3, 0.4) is 0 Å². The molecule has 0 aromatic heterocycles. The summed E-state index contributed by atoms with van der Waals surface area (Å²) in [6.45, 7) is 0.206. The summed E-state index contributed by atoms with van der Waals surface area (Å²) in [7, 11) is 0. The summed E-state index contributed by atoms with van der Waals surface area (Å²) in [6, 6.07) is 13.5. The molecule has 0 bridgehead atoms. The van der Waals surface area contributed by atoms with Crippen molar-refractivity contribution in [2.24, 2.45) is 0 Å². The lowest BCUT2D eigenvalue weighted by molar-refractivity contribution is 0.238. The Morgan fingerprint density at radius 1 is 1.12 bits per heavy atom. The van der Waals surface area contributed by atoms with Gasteiger partial charge in [-0.1, -0.05) is 47.8 Å². The first-order valence-corrected chi connectivity index (χ1v) is 7.71. The number of anilines is 1. The van der Waals surface area contributed by atoms with Crippen molar-refractivity contribution in [3.05, 3.63) is 64.7 Å². The molecule has 24 heavy (non-hydrogen) atoms. The van der Waals surface area contributed by atoms with E-state index in [1.165, 1.54) is 0 Å². The van der Waals surface area contributed by atoms with E-state index in [9.17, 15) is 4.79 Å². The summed E-state index contributed by atoms with van der Waals surface area (Å²) in [5.74, 6) is 5.77. The molecule has 0 radical (unpaired) electrons. The van der Waals surface area contributed by atoms with Gasteiger partial charge in [0.1, 0.15) is 4.99 Å². The van der Waals surface area contributed by atoms with Crippen LogP contribution in [0.15, 0.2) is 48.5 Å². The monoisotopic (exact) mass is 359 g/mol. The second kappa shape index (κ2) is 8.89. The van der Waals surface area contributed by atoms with Crippen LogP contribution in [0.4, 0.5) is 10.5 Å². The average Bonchev–Trinajstić information content (AvgIpc) is 2.60. The van der Waals surface area contributed by atoms with Gasteiger partial charge in [0, 0.05) is 21.8 Å². The fourth-order valence-corrected chi connectivity index (χ4v) is 2.01. The van der Waals surface area contributed by atoms with Gasteiger partial charge in [0.25, 0.3) is 0 Å². The Morgan fingerprint density at radius 2 is 1.79 bits per heavy atom. The summed E-state index contributed by atoms with van der Waals surface area (Å²) in [5, 5.41) is 14.6. The van der Waals surface area contributed by atoms with Gasteiger partial charge in [-0.3, -0.25) is 10.7 Å². The number of hydroxylamine groups is 1. The first-order valence-electron chi connectivity index (χ1n) is 6.92. The van der Waals surface area contributed by atoms with Crippen molar-refractivity contribution in [2.75, 3.05) is 11.9 Å². The zero-order chi connectivity index (χ0) is 17.4. The Balaban J connectivity index is 1.81. The van der Waals surface area contributed by atoms with Crippen LogP contribution in [0, 0.1) is 11.8 Å². The van der Waals surface area contributed by atoms with Gasteiger partial charge >= 0.3 is 6.03 Å². The maximum atomic E-state index is 11.7. The van der Waals surface area contributed by atoms with Crippen LogP contribution >= 0.6 is 23.8 Å². The molecule has 0 aliphatic carbocycles. The van der Waals surface area contributed by atoms with E-state index in [0.29, 0.717) is 16.3 Å². The van der Waals surface area contributed by atoms with Gasteiger partial charge in [-0.25, -0.2) is 4.79 Å². The molecular formula is C17H14ClN3O2S. The molecule has 0 aliphatic rings. The van der Waals surface area contributed by atoms with Crippen LogP contribution in [-0.2, 0) is 0 Å². The molecule has 0 fully saturated rings. The maximum Gasteiger partial charge on any atom is 0.319 e. The Kier molecular flexibility index (Phi) is 6.58. The molecule has 0 heterocycles. The van der Waals surface area contributed by atoms with E-state index in [4.69, 9.17) is 29.0 Å². The summed E-state index contributed by atoms with van der Waals surface area (Å²) in [4.78, 5) is 11.9. The summed E-state index contributed by atoms with van der Waals surface area (Å²) in [6.07, 6.45) is 0.